The predicted molar refractivity (Wildman–Crippen MR) is 117 cm³/mol. The van der Waals surface area contributed by atoms with Crippen LogP contribution in [0.5, 0.6) is 11.5 Å². The van der Waals surface area contributed by atoms with Gasteiger partial charge in [0.25, 0.3) is 0 Å². The Morgan fingerprint density at radius 1 is 1.13 bits per heavy atom. The quantitative estimate of drug-likeness (QED) is 0.617. The van der Waals surface area contributed by atoms with Crippen LogP contribution in [0.3, 0.4) is 0 Å². The van der Waals surface area contributed by atoms with E-state index < -0.39 is 9.84 Å². The minimum Gasteiger partial charge on any atom is -0.497 e. The molecule has 3 heterocycles. The number of methoxy groups -OCH3 is 1. The van der Waals surface area contributed by atoms with Crippen molar-refractivity contribution < 1.29 is 22.3 Å². The summed E-state index contributed by atoms with van der Waals surface area (Å²) >= 11 is 0. The number of benzene rings is 2. The molecule has 0 saturated carbocycles. The first-order chi connectivity index (χ1) is 14.9. The second kappa shape index (κ2) is 7.39. The molecule has 31 heavy (non-hydrogen) atoms. The Balaban J connectivity index is 1.58. The van der Waals surface area contributed by atoms with E-state index in [2.05, 4.69) is 0 Å². The van der Waals surface area contributed by atoms with Gasteiger partial charge in [0.2, 0.25) is 5.43 Å². The minimum absolute atomic E-state index is 0.0835. The molecule has 1 aromatic heterocycles. The van der Waals surface area contributed by atoms with Crippen LogP contribution in [0, 0.1) is 6.92 Å². The van der Waals surface area contributed by atoms with Gasteiger partial charge in [0, 0.05) is 12.6 Å². The van der Waals surface area contributed by atoms with E-state index in [1.165, 1.54) is 0 Å². The van der Waals surface area contributed by atoms with E-state index in [4.69, 9.17) is 13.9 Å². The molecule has 0 amide bonds. The first kappa shape index (κ1) is 20.1. The Morgan fingerprint density at radius 3 is 2.58 bits per heavy atom. The summed E-state index contributed by atoms with van der Waals surface area (Å²) in [4.78, 5) is 15.4. The zero-order valence-electron chi connectivity index (χ0n) is 17.4. The number of ether oxygens (including phenoxy) is 2. The van der Waals surface area contributed by atoms with Gasteiger partial charge in [-0.15, -0.1) is 0 Å². The maximum atomic E-state index is 13.4. The fraction of sp³-hybridized carbons (Fsp3) is 0.348. The molecular formula is C23H23NO6S. The van der Waals surface area contributed by atoms with Crippen LogP contribution in [0.2, 0.25) is 0 Å². The molecule has 3 aromatic rings. The van der Waals surface area contributed by atoms with Gasteiger partial charge in [0.1, 0.15) is 29.6 Å². The Hall–Kier alpha value is -2.84. The highest BCUT2D eigenvalue weighted by Gasteiger charge is 2.35. The Bertz CT molecular complexity index is 1330. The van der Waals surface area contributed by atoms with Gasteiger partial charge < -0.3 is 13.9 Å². The molecule has 7 nitrogen and oxygen atoms in total. The molecule has 2 aliphatic rings. The van der Waals surface area contributed by atoms with Crippen LogP contribution in [0.25, 0.3) is 22.1 Å². The Kier molecular flexibility index (Phi) is 4.79. The molecule has 5 rings (SSSR count). The van der Waals surface area contributed by atoms with Crippen molar-refractivity contribution in [1.82, 2.24) is 4.90 Å². The van der Waals surface area contributed by atoms with Gasteiger partial charge in [0.15, 0.2) is 9.84 Å². The summed E-state index contributed by atoms with van der Waals surface area (Å²) in [5.41, 5.74) is 2.47. The van der Waals surface area contributed by atoms with Crippen LogP contribution in [0.15, 0.2) is 45.6 Å². The Morgan fingerprint density at radius 2 is 1.90 bits per heavy atom. The molecule has 0 N–H and O–H groups in total. The van der Waals surface area contributed by atoms with Crippen LogP contribution in [0.1, 0.15) is 17.7 Å². The van der Waals surface area contributed by atoms with Crippen LogP contribution in [-0.2, 0) is 16.4 Å². The zero-order chi connectivity index (χ0) is 21.8. The highest BCUT2D eigenvalue weighted by Crippen LogP contribution is 2.35. The average Bonchev–Trinajstić information content (AvgIpc) is 3.13. The number of aryl methyl sites for hydroxylation is 1. The molecule has 1 fully saturated rings. The van der Waals surface area contributed by atoms with E-state index >= 15 is 0 Å². The van der Waals surface area contributed by atoms with Crippen LogP contribution in [0.4, 0.5) is 0 Å². The van der Waals surface area contributed by atoms with E-state index in [1.54, 1.807) is 26.2 Å². The van der Waals surface area contributed by atoms with E-state index in [0.717, 1.165) is 11.1 Å². The van der Waals surface area contributed by atoms with Gasteiger partial charge >= 0.3 is 0 Å². The molecule has 0 unspecified atom stereocenters. The molecule has 1 saturated heterocycles. The fourth-order valence-corrected chi connectivity index (χ4v) is 6.24. The van der Waals surface area contributed by atoms with Crippen molar-refractivity contribution in [2.75, 3.05) is 25.3 Å². The lowest BCUT2D eigenvalue weighted by Gasteiger charge is -2.33. The number of hydrogen-bond acceptors (Lipinski definition) is 7. The van der Waals surface area contributed by atoms with Crippen molar-refractivity contribution in [3.63, 3.8) is 0 Å². The topological polar surface area (TPSA) is 86.1 Å². The van der Waals surface area contributed by atoms with Gasteiger partial charge in [0.05, 0.1) is 35.1 Å². The third-order valence-electron chi connectivity index (χ3n) is 6.15. The zero-order valence-corrected chi connectivity index (χ0v) is 18.2. The van der Waals surface area contributed by atoms with Gasteiger partial charge in [-0.1, -0.05) is 12.1 Å². The van der Waals surface area contributed by atoms with Gasteiger partial charge in [-0.25, -0.2) is 8.42 Å². The summed E-state index contributed by atoms with van der Waals surface area (Å²) in [6, 6.07) is 10.8. The molecule has 2 aromatic carbocycles. The molecule has 0 bridgehead atoms. The molecule has 2 aliphatic heterocycles. The van der Waals surface area contributed by atoms with E-state index in [-0.39, 0.29) is 23.0 Å². The van der Waals surface area contributed by atoms with Gasteiger partial charge in [-0.3, -0.25) is 9.69 Å². The molecule has 0 spiro atoms. The smallest absolute Gasteiger partial charge is 0.200 e. The molecule has 0 aliphatic carbocycles. The third kappa shape index (κ3) is 3.49. The van der Waals surface area contributed by atoms with Crippen molar-refractivity contribution >= 4 is 20.8 Å². The maximum Gasteiger partial charge on any atom is 0.200 e. The summed E-state index contributed by atoms with van der Waals surface area (Å²) in [5, 5.41) is 0.486. The van der Waals surface area contributed by atoms with Crippen molar-refractivity contribution in [3.8, 4) is 22.6 Å². The maximum absolute atomic E-state index is 13.4. The summed E-state index contributed by atoms with van der Waals surface area (Å²) in [7, 11) is -1.40. The fourth-order valence-electron chi connectivity index (χ4n) is 4.48. The molecule has 162 valence electrons. The van der Waals surface area contributed by atoms with Crippen molar-refractivity contribution in [2.45, 2.75) is 25.9 Å². The Labute approximate surface area is 180 Å². The SMILES string of the molecule is COc1ccc(-c2c(C)oc3c4c(ccc3c2=O)OCN([C@H]2CCS(=O)(=O)C2)C4)cc1. The number of hydrogen-bond donors (Lipinski definition) is 0. The van der Waals surface area contributed by atoms with Gasteiger partial charge in [-0.2, -0.15) is 0 Å². The lowest BCUT2D eigenvalue weighted by molar-refractivity contribution is 0.0649. The largest absolute Gasteiger partial charge is 0.497 e. The van der Waals surface area contributed by atoms with E-state index in [0.29, 0.717) is 53.5 Å². The summed E-state index contributed by atoms with van der Waals surface area (Å²) in [6.07, 6.45) is 0.594. The van der Waals surface area contributed by atoms with E-state index in [9.17, 15) is 13.2 Å². The monoisotopic (exact) mass is 441 g/mol. The molecule has 8 heteroatoms. The number of sulfone groups is 1. The highest BCUT2D eigenvalue weighted by atomic mass is 32.2. The lowest BCUT2D eigenvalue weighted by atomic mass is 10.00. The number of rotatable bonds is 3. The van der Waals surface area contributed by atoms with Crippen molar-refractivity contribution in [1.29, 1.82) is 0 Å². The van der Waals surface area contributed by atoms with Crippen molar-refractivity contribution in [2.24, 2.45) is 0 Å². The van der Waals surface area contributed by atoms with E-state index in [1.807, 2.05) is 29.2 Å². The predicted octanol–water partition coefficient (Wildman–Crippen LogP) is 3.12. The van der Waals surface area contributed by atoms with Crippen LogP contribution >= 0.6 is 0 Å². The average molecular weight is 442 g/mol. The summed E-state index contributed by atoms with van der Waals surface area (Å²) in [6.45, 7) is 2.59. The van der Waals surface area contributed by atoms with Crippen LogP contribution < -0.4 is 14.9 Å². The molecule has 0 radical (unpaired) electrons. The summed E-state index contributed by atoms with van der Waals surface area (Å²) in [5.74, 6) is 2.25. The normalized spacial score (nSPS) is 20.4. The highest BCUT2D eigenvalue weighted by molar-refractivity contribution is 7.91. The third-order valence-corrected chi connectivity index (χ3v) is 7.90. The number of fused-ring (bicyclic) bond motifs is 3. The molecular weight excluding hydrogens is 418 g/mol. The van der Waals surface area contributed by atoms with Gasteiger partial charge in [-0.05, 0) is 43.2 Å². The van der Waals surface area contributed by atoms with Crippen molar-refractivity contribution in [3.05, 3.63) is 57.9 Å². The number of nitrogens with zero attached hydrogens (tertiary/aromatic N) is 1. The minimum atomic E-state index is -3.00. The summed E-state index contributed by atoms with van der Waals surface area (Å²) < 4.78 is 41.1. The second-order valence-electron chi connectivity index (χ2n) is 8.09. The van der Waals surface area contributed by atoms with Crippen LogP contribution in [-0.4, -0.2) is 44.7 Å². The molecule has 1 atom stereocenters. The first-order valence-corrected chi connectivity index (χ1v) is 12.0. The lowest BCUT2D eigenvalue weighted by Crippen LogP contribution is -2.41. The first-order valence-electron chi connectivity index (χ1n) is 10.2. The standard InChI is InChI=1S/C23H23NO6S/c1-14-21(15-3-5-17(28-2)6-4-15)22(25)18-7-8-20-19(23(18)30-14)11-24(13-29-20)16-9-10-31(26,27)12-16/h3-8,16H,9-13H2,1-2H3/t16-/m0/s1. The second-order valence-corrected chi connectivity index (χ2v) is 10.3.